The van der Waals surface area contributed by atoms with E-state index in [9.17, 15) is 4.79 Å². The minimum atomic E-state index is -0.284. The van der Waals surface area contributed by atoms with E-state index in [4.69, 9.17) is 16.3 Å². The fourth-order valence-electron chi connectivity index (χ4n) is 2.88. The summed E-state index contributed by atoms with van der Waals surface area (Å²) in [6, 6.07) is 16.8. The third-order valence-electron chi connectivity index (χ3n) is 4.37. The number of anilines is 1. The van der Waals surface area contributed by atoms with Crippen molar-refractivity contribution in [3.63, 3.8) is 0 Å². The maximum atomic E-state index is 13.0. The molecule has 0 aliphatic rings. The van der Waals surface area contributed by atoms with Gasteiger partial charge in [-0.1, -0.05) is 65.0 Å². The normalized spacial score (nSPS) is 10.6. The van der Waals surface area contributed by atoms with Crippen LogP contribution >= 0.6 is 34.7 Å². The van der Waals surface area contributed by atoms with Crippen LogP contribution in [0.15, 0.2) is 71.3 Å². The van der Waals surface area contributed by atoms with Crippen LogP contribution in [0.4, 0.5) is 5.13 Å². The highest BCUT2D eigenvalue weighted by atomic mass is 35.5. The Morgan fingerprint density at radius 2 is 1.90 bits per heavy atom. The van der Waals surface area contributed by atoms with Crippen LogP contribution in [-0.2, 0) is 5.75 Å². The van der Waals surface area contributed by atoms with Gasteiger partial charge >= 0.3 is 0 Å². The molecule has 6 nitrogen and oxygen atoms in total. The number of amides is 1. The van der Waals surface area contributed by atoms with E-state index in [1.807, 2.05) is 48.5 Å². The molecule has 9 heteroatoms. The fourth-order valence-corrected chi connectivity index (χ4v) is 4.71. The Kier molecular flexibility index (Phi) is 6.81. The Hall–Kier alpha value is -2.94. The standard InChI is InChI=1S/C22H17ClN4O2S2/c1-29-19-5-3-2-4-16(19)18-12-24-11-10-17(18)20(28)25-21-26-27-22(31-21)30-13-14-6-8-15(23)9-7-14/h2-12H,13H2,1H3,(H,25,26,28). The number of pyridine rings is 1. The van der Waals surface area contributed by atoms with Crippen molar-refractivity contribution in [3.8, 4) is 16.9 Å². The van der Waals surface area contributed by atoms with Crippen LogP contribution < -0.4 is 10.1 Å². The summed E-state index contributed by atoms with van der Waals surface area (Å²) in [5.41, 5.74) is 3.08. The van der Waals surface area contributed by atoms with E-state index in [0.29, 0.717) is 27.0 Å². The van der Waals surface area contributed by atoms with Gasteiger partial charge in [-0.2, -0.15) is 0 Å². The van der Waals surface area contributed by atoms with E-state index in [2.05, 4.69) is 20.5 Å². The summed E-state index contributed by atoms with van der Waals surface area (Å²) in [7, 11) is 1.60. The zero-order valence-electron chi connectivity index (χ0n) is 16.4. The molecule has 156 valence electrons. The first-order valence-corrected chi connectivity index (χ1v) is 11.4. The molecule has 1 N–H and O–H groups in total. The number of carbonyl (C=O) groups is 1. The number of halogens is 1. The zero-order valence-corrected chi connectivity index (χ0v) is 18.8. The number of aromatic nitrogens is 3. The molecule has 31 heavy (non-hydrogen) atoms. The fraction of sp³-hybridized carbons (Fsp3) is 0.0909. The molecule has 0 saturated carbocycles. The first-order valence-electron chi connectivity index (χ1n) is 9.23. The van der Waals surface area contributed by atoms with E-state index in [1.165, 1.54) is 11.3 Å². The molecule has 0 spiro atoms. The predicted octanol–water partition coefficient (Wildman–Crippen LogP) is 5.81. The van der Waals surface area contributed by atoms with Crippen molar-refractivity contribution in [3.05, 3.63) is 83.1 Å². The Balaban J connectivity index is 1.48. The second-order valence-electron chi connectivity index (χ2n) is 6.36. The molecule has 2 heterocycles. The molecule has 0 atom stereocenters. The van der Waals surface area contributed by atoms with Gasteiger partial charge in [0.25, 0.3) is 5.91 Å². The van der Waals surface area contributed by atoms with Crippen molar-refractivity contribution in [1.29, 1.82) is 0 Å². The minimum absolute atomic E-state index is 0.284. The Bertz CT molecular complexity index is 1200. The van der Waals surface area contributed by atoms with Gasteiger partial charge in [-0.3, -0.25) is 15.1 Å². The number of para-hydroxylation sites is 1. The summed E-state index contributed by atoms with van der Waals surface area (Å²) in [6.07, 6.45) is 3.24. The number of thioether (sulfide) groups is 1. The molecule has 0 fully saturated rings. The van der Waals surface area contributed by atoms with Crippen LogP contribution in [0.5, 0.6) is 5.75 Å². The average Bonchev–Trinajstić information content (AvgIpc) is 3.26. The van der Waals surface area contributed by atoms with Gasteiger partial charge in [0.05, 0.1) is 12.7 Å². The average molecular weight is 469 g/mol. The molecule has 2 aromatic heterocycles. The quantitative estimate of drug-likeness (QED) is 0.272. The van der Waals surface area contributed by atoms with Crippen LogP contribution in [0.2, 0.25) is 5.02 Å². The van der Waals surface area contributed by atoms with Gasteiger partial charge in [0.2, 0.25) is 5.13 Å². The zero-order chi connectivity index (χ0) is 21.6. The smallest absolute Gasteiger partial charge is 0.258 e. The van der Waals surface area contributed by atoms with Crippen LogP contribution in [0.25, 0.3) is 11.1 Å². The van der Waals surface area contributed by atoms with Crippen LogP contribution in [-0.4, -0.2) is 28.2 Å². The number of rotatable bonds is 7. The van der Waals surface area contributed by atoms with Gasteiger partial charge in [0.1, 0.15) is 5.75 Å². The number of nitrogens with zero attached hydrogens (tertiary/aromatic N) is 3. The highest BCUT2D eigenvalue weighted by Gasteiger charge is 2.17. The van der Waals surface area contributed by atoms with Crippen LogP contribution in [0, 0.1) is 0 Å². The molecule has 1 amide bonds. The maximum absolute atomic E-state index is 13.0. The van der Waals surface area contributed by atoms with Gasteiger partial charge in [-0.25, -0.2) is 0 Å². The van der Waals surface area contributed by atoms with Crippen molar-refractivity contribution in [2.24, 2.45) is 0 Å². The summed E-state index contributed by atoms with van der Waals surface area (Å²) in [5, 5.41) is 12.2. The Morgan fingerprint density at radius 1 is 1.10 bits per heavy atom. The predicted molar refractivity (Wildman–Crippen MR) is 125 cm³/mol. The summed E-state index contributed by atoms with van der Waals surface area (Å²) in [6.45, 7) is 0. The van der Waals surface area contributed by atoms with Crippen molar-refractivity contribution in [2.75, 3.05) is 12.4 Å². The highest BCUT2D eigenvalue weighted by molar-refractivity contribution is 8.00. The van der Waals surface area contributed by atoms with Crippen molar-refractivity contribution in [2.45, 2.75) is 10.1 Å². The molecule has 0 aliphatic heterocycles. The van der Waals surface area contributed by atoms with Crippen LogP contribution in [0.3, 0.4) is 0 Å². The summed E-state index contributed by atoms with van der Waals surface area (Å²) < 4.78 is 6.20. The van der Waals surface area contributed by atoms with E-state index in [-0.39, 0.29) is 5.91 Å². The number of benzene rings is 2. The number of nitrogens with one attached hydrogen (secondary N) is 1. The largest absolute Gasteiger partial charge is 0.496 e. The lowest BCUT2D eigenvalue weighted by atomic mass is 10.0. The third-order valence-corrected chi connectivity index (χ3v) is 6.66. The van der Waals surface area contributed by atoms with Crippen LogP contribution in [0.1, 0.15) is 15.9 Å². The molecule has 2 aromatic carbocycles. The summed E-state index contributed by atoms with van der Waals surface area (Å²) >= 11 is 8.80. The molecule has 0 aliphatic carbocycles. The second-order valence-corrected chi connectivity index (χ2v) is 9.00. The lowest BCUT2D eigenvalue weighted by molar-refractivity contribution is 0.102. The number of hydrogen-bond acceptors (Lipinski definition) is 7. The van der Waals surface area contributed by atoms with Crippen molar-refractivity contribution >= 4 is 45.7 Å². The maximum Gasteiger partial charge on any atom is 0.258 e. The molecule has 4 rings (SSSR count). The number of carbonyl (C=O) groups excluding carboxylic acids is 1. The SMILES string of the molecule is COc1ccccc1-c1cnccc1C(=O)Nc1nnc(SCc2ccc(Cl)cc2)s1. The van der Waals surface area contributed by atoms with Gasteiger partial charge < -0.3 is 4.74 Å². The lowest BCUT2D eigenvalue weighted by Crippen LogP contribution is -2.13. The van der Waals surface area contributed by atoms with Crippen molar-refractivity contribution in [1.82, 2.24) is 15.2 Å². The molecular formula is C22H17ClN4O2S2. The molecule has 0 bridgehead atoms. The summed E-state index contributed by atoms with van der Waals surface area (Å²) in [4.78, 5) is 17.1. The molecule has 0 radical (unpaired) electrons. The first-order chi connectivity index (χ1) is 15.1. The minimum Gasteiger partial charge on any atom is -0.496 e. The Morgan fingerprint density at radius 3 is 2.71 bits per heavy atom. The van der Waals surface area contributed by atoms with E-state index in [0.717, 1.165) is 21.2 Å². The summed E-state index contributed by atoms with van der Waals surface area (Å²) in [5.74, 6) is 1.12. The molecular weight excluding hydrogens is 452 g/mol. The van der Waals surface area contributed by atoms with Gasteiger partial charge in [0, 0.05) is 34.3 Å². The molecule has 4 aromatic rings. The van der Waals surface area contributed by atoms with Crippen molar-refractivity contribution < 1.29 is 9.53 Å². The van der Waals surface area contributed by atoms with E-state index >= 15 is 0 Å². The first kappa shape index (κ1) is 21.3. The van der Waals surface area contributed by atoms with E-state index in [1.54, 1.807) is 37.3 Å². The number of methoxy groups -OCH3 is 1. The number of hydrogen-bond donors (Lipinski definition) is 1. The third kappa shape index (κ3) is 5.22. The monoisotopic (exact) mass is 468 g/mol. The molecule has 0 unspecified atom stereocenters. The lowest BCUT2D eigenvalue weighted by Gasteiger charge is -2.11. The molecule has 0 saturated heterocycles. The second kappa shape index (κ2) is 9.91. The van der Waals surface area contributed by atoms with Gasteiger partial charge in [0.15, 0.2) is 4.34 Å². The Labute approximate surface area is 192 Å². The highest BCUT2D eigenvalue weighted by Crippen LogP contribution is 2.33. The number of ether oxygens (including phenoxy) is 1. The van der Waals surface area contributed by atoms with Gasteiger partial charge in [-0.05, 0) is 29.8 Å². The van der Waals surface area contributed by atoms with E-state index < -0.39 is 0 Å². The topological polar surface area (TPSA) is 77.0 Å². The van der Waals surface area contributed by atoms with Gasteiger partial charge in [-0.15, -0.1) is 10.2 Å².